The third kappa shape index (κ3) is 4.05. The van der Waals surface area contributed by atoms with Gasteiger partial charge in [-0.15, -0.1) is 0 Å². The number of likely N-dealkylation sites (tertiary alicyclic amines) is 1. The van der Waals surface area contributed by atoms with Gasteiger partial charge in [0.1, 0.15) is 17.6 Å². The molecule has 7 heteroatoms. The van der Waals surface area contributed by atoms with E-state index in [1.807, 2.05) is 30.3 Å². The Labute approximate surface area is 200 Å². The van der Waals surface area contributed by atoms with Crippen LogP contribution in [-0.2, 0) is 10.2 Å². The maximum atomic E-state index is 12.7. The number of carbonyl (C=O) groups is 1. The maximum absolute atomic E-state index is 12.7. The van der Waals surface area contributed by atoms with E-state index in [-0.39, 0.29) is 12.0 Å². The Bertz CT molecular complexity index is 1110. The van der Waals surface area contributed by atoms with Gasteiger partial charge in [0.05, 0.1) is 18.2 Å². The van der Waals surface area contributed by atoms with Crippen molar-refractivity contribution in [2.24, 2.45) is 0 Å². The number of fused-ring (bicyclic) bond motifs is 2. The highest BCUT2D eigenvalue weighted by Crippen LogP contribution is 2.54. The monoisotopic (exact) mass is 460 g/mol. The fraction of sp³-hybridized carbons (Fsp3) is 0.407. The lowest BCUT2D eigenvalue weighted by Crippen LogP contribution is -2.40. The number of amides is 1. The normalized spacial score (nSPS) is 19.8. The summed E-state index contributed by atoms with van der Waals surface area (Å²) < 4.78 is 11.8. The van der Waals surface area contributed by atoms with Crippen molar-refractivity contribution in [2.45, 2.75) is 43.6 Å². The Balaban J connectivity index is 1.37. The molecule has 34 heavy (non-hydrogen) atoms. The van der Waals surface area contributed by atoms with E-state index in [1.54, 1.807) is 13.2 Å². The summed E-state index contributed by atoms with van der Waals surface area (Å²) in [5, 5.41) is 14.2. The number of hydrogen-bond acceptors (Lipinski definition) is 6. The predicted octanol–water partition coefficient (Wildman–Crippen LogP) is 4.64. The first kappa shape index (κ1) is 22.5. The van der Waals surface area contributed by atoms with Gasteiger partial charge in [0.2, 0.25) is 5.91 Å². The zero-order valence-corrected chi connectivity index (χ0v) is 19.8. The second-order valence-corrected chi connectivity index (χ2v) is 9.51. The number of piperidine rings is 1. The zero-order valence-electron chi connectivity index (χ0n) is 19.8. The molecule has 1 amide bonds. The maximum Gasteiger partial charge on any atom is 0.235 e. The van der Waals surface area contributed by atoms with E-state index in [4.69, 9.17) is 14.9 Å². The van der Waals surface area contributed by atoms with E-state index in [9.17, 15) is 4.79 Å². The highest BCUT2D eigenvalue weighted by Gasteiger charge is 2.52. The third-order valence-corrected chi connectivity index (χ3v) is 7.38. The molecule has 178 valence electrons. The molecule has 0 aromatic heterocycles. The molecule has 2 aromatic carbocycles. The van der Waals surface area contributed by atoms with Gasteiger partial charge in [-0.1, -0.05) is 6.42 Å². The molecule has 2 aromatic rings. The van der Waals surface area contributed by atoms with Crippen LogP contribution in [0.1, 0.15) is 43.2 Å². The zero-order chi connectivity index (χ0) is 23.7. The van der Waals surface area contributed by atoms with Crippen molar-refractivity contribution in [2.75, 3.05) is 37.9 Å². The number of hydrogen-bond donors (Lipinski definition) is 3. The van der Waals surface area contributed by atoms with Crippen LogP contribution in [0.3, 0.4) is 0 Å². The van der Waals surface area contributed by atoms with E-state index in [2.05, 4.69) is 28.6 Å². The van der Waals surface area contributed by atoms with Gasteiger partial charge in [0.15, 0.2) is 0 Å². The average molecular weight is 461 g/mol. The van der Waals surface area contributed by atoms with Crippen LogP contribution in [0.4, 0.5) is 11.4 Å². The molecule has 2 fully saturated rings. The van der Waals surface area contributed by atoms with Gasteiger partial charge in [0, 0.05) is 36.3 Å². The van der Waals surface area contributed by atoms with Crippen LogP contribution in [0.25, 0.3) is 5.70 Å². The SMILES string of the molecule is COc1cc(/C(=C/C=N)Nc2ccc(OC3CCN(C)CC3)cc2)cc2c1NC(=O)C21CCC1. The summed E-state index contributed by atoms with van der Waals surface area (Å²) in [6, 6.07) is 11.9. The van der Waals surface area contributed by atoms with Crippen LogP contribution in [0.15, 0.2) is 42.5 Å². The van der Waals surface area contributed by atoms with Crippen LogP contribution in [0.5, 0.6) is 11.5 Å². The molecule has 1 saturated carbocycles. The second-order valence-electron chi connectivity index (χ2n) is 9.51. The van der Waals surface area contributed by atoms with Crippen LogP contribution in [0, 0.1) is 5.41 Å². The quantitative estimate of drug-likeness (QED) is 0.524. The summed E-state index contributed by atoms with van der Waals surface area (Å²) in [5.41, 5.74) is 3.89. The lowest BCUT2D eigenvalue weighted by Gasteiger charge is -2.36. The molecule has 2 heterocycles. The topological polar surface area (TPSA) is 86.7 Å². The van der Waals surface area contributed by atoms with Crippen molar-refractivity contribution in [3.63, 3.8) is 0 Å². The third-order valence-electron chi connectivity index (χ3n) is 7.38. The van der Waals surface area contributed by atoms with Crippen LogP contribution >= 0.6 is 0 Å². The minimum Gasteiger partial charge on any atom is -0.495 e. The van der Waals surface area contributed by atoms with E-state index in [0.29, 0.717) is 5.75 Å². The molecule has 3 aliphatic rings. The largest absolute Gasteiger partial charge is 0.495 e. The molecule has 1 spiro atoms. The Kier molecular flexibility index (Phi) is 6.04. The summed E-state index contributed by atoms with van der Waals surface area (Å²) in [6.07, 6.45) is 8.10. The van der Waals surface area contributed by atoms with Crippen LogP contribution < -0.4 is 20.1 Å². The van der Waals surface area contributed by atoms with E-state index in [0.717, 1.165) is 79.1 Å². The summed E-state index contributed by atoms with van der Waals surface area (Å²) in [7, 11) is 3.76. The number of methoxy groups -OCH3 is 1. The van der Waals surface area contributed by atoms with Gasteiger partial charge in [0.25, 0.3) is 0 Å². The average Bonchev–Trinajstić information content (AvgIpc) is 3.13. The standard InChI is InChI=1S/C27H32N4O3/c1-31-14-9-21(10-15-31)34-20-6-4-19(5-7-20)29-23(8-13-28)18-16-22-25(24(17-18)33-2)30-26(32)27(22)11-3-12-27/h4-8,13,16-17,21,28-29H,3,9-12,14-15H2,1-2H3,(H,30,32)/b23-8-,28-13?. The molecule has 7 nitrogen and oxygen atoms in total. The first-order chi connectivity index (χ1) is 16.5. The molecular formula is C27H32N4O3. The Hall–Kier alpha value is -3.32. The minimum atomic E-state index is -0.443. The molecule has 5 rings (SSSR count). The van der Waals surface area contributed by atoms with Crippen LogP contribution in [0.2, 0.25) is 0 Å². The Morgan fingerprint density at radius 3 is 2.56 bits per heavy atom. The summed E-state index contributed by atoms with van der Waals surface area (Å²) in [4.78, 5) is 15.1. The molecule has 1 saturated heterocycles. The molecular weight excluding hydrogens is 428 g/mol. The summed E-state index contributed by atoms with van der Waals surface area (Å²) in [5.74, 6) is 1.58. The smallest absolute Gasteiger partial charge is 0.235 e. The van der Waals surface area contributed by atoms with E-state index in [1.165, 1.54) is 6.21 Å². The molecule has 0 radical (unpaired) electrons. The van der Waals surface area contributed by atoms with Gasteiger partial charge in [-0.2, -0.15) is 0 Å². The number of nitrogens with one attached hydrogen (secondary N) is 3. The number of rotatable bonds is 7. The highest BCUT2D eigenvalue weighted by molar-refractivity contribution is 6.09. The number of carbonyl (C=O) groups excluding carboxylic acids is 1. The van der Waals surface area contributed by atoms with E-state index < -0.39 is 5.41 Å². The van der Waals surface area contributed by atoms with Gasteiger partial charge in [-0.05, 0) is 80.8 Å². The number of nitrogens with zero attached hydrogens (tertiary/aromatic N) is 1. The molecule has 3 N–H and O–H groups in total. The summed E-state index contributed by atoms with van der Waals surface area (Å²) >= 11 is 0. The minimum absolute atomic E-state index is 0.0648. The van der Waals surface area contributed by atoms with Gasteiger partial charge < -0.3 is 30.4 Å². The van der Waals surface area contributed by atoms with Crippen molar-refractivity contribution in [1.82, 2.24) is 4.90 Å². The molecule has 2 aliphatic heterocycles. The van der Waals surface area contributed by atoms with Crippen molar-refractivity contribution in [1.29, 1.82) is 5.41 Å². The molecule has 0 atom stereocenters. The van der Waals surface area contributed by atoms with Crippen molar-refractivity contribution < 1.29 is 14.3 Å². The Morgan fingerprint density at radius 2 is 1.94 bits per heavy atom. The molecule has 0 bridgehead atoms. The number of allylic oxidation sites excluding steroid dienone is 1. The van der Waals surface area contributed by atoms with Gasteiger partial charge >= 0.3 is 0 Å². The van der Waals surface area contributed by atoms with Crippen molar-refractivity contribution >= 4 is 29.2 Å². The summed E-state index contributed by atoms with van der Waals surface area (Å²) in [6.45, 7) is 2.13. The lowest BCUT2D eigenvalue weighted by atomic mass is 9.65. The number of ether oxygens (including phenoxy) is 2. The first-order valence-corrected chi connectivity index (χ1v) is 12.0. The number of anilines is 2. The van der Waals surface area contributed by atoms with Crippen molar-refractivity contribution in [3.05, 3.63) is 53.6 Å². The predicted molar refractivity (Wildman–Crippen MR) is 135 cm³/mol. The van der Waals surface area contributed by atoms with Crippen LogP contribution in [-0.4, -0.2) is 50.4 Å². The highest BCUT2D eigenvalue weighted by atomic mass is 16.5. The number of benzene rings is 2. The van der Waals surface area contributed by atoms with Gasteiger partial charge in [-0.25, -0.2) is 0 Å². The second kappa shape index (κ2) is 9.14. The Morgan fingerprint density at radius 1 is 1.21 bits per heavy atom. The van der Waals surface area contributed by atoms with Gasteiger partial charge in [-0.3, -0.25) is 4.79 Å². The fourth-order valence-electron chi connectivity index (χ4n) is 5.18. The van der Waals surface area contributed by atoms with E-state index >= 15 is 0 Å². The lowest BCUT2D eigenvalue weighted by molar-refractivity contribution is -0.123. The first-order valence-electron chi connectivity index (χ1n) is 12.0. The molecule has 1 aliphatic carbocycles. The van der Waals surface area contributed by atoms with Crippen molar-refractivity contribution in [3.8, 4) is 11.5 Å². The molecule has 0 unspecified atom stereocenters. The fourth-order valence-corrected chi connectivity index (χ4v) is 5.18.